The molecule has 7 heteroatoms. The summed E-state index contributed by atoms with van der Waals surface area (Å²) < 4.78 is 36.2. The third-order valence-corrected chi connectivity index (χ3v) is 1.48. The largest absolute Gasteiger partial charge is 0.419 e. The summed E-state index contributed by atoms with van der Waals surface area (Å²) in [4.78, 5) is 17.2. The molecule has 0 aliphatic rings. The number of nitrogens with two attached hydrogens (primary N) is 1. The van der Waals surface area contributed by atoms with Gasteiger partial charge in [-0.15, -0.1) is 0 Å². The minimum Gasteiger partial charge on any atom is -0.370 e. The summed E-state index contributed by atoms with van der Waals surface area (Å²) >= 11 is 0. The van der Waals surface area contributed by atoms with Gasteiger partial charge in [-0.3, -0.25) is 4.79 Å². The van der Waals surface area contributed by atoms with Crippen LogP contribution in [-0.2, 0) is 11.0 Å². The van der Waals surface area contributed by atoms with Gasteiger partial charge in [0.1, 0.15) is 5.82 Å². The van der Waals surface area contributed by atoms with E-state index in [1.807, 2.05) is 0 Å². The Bertz CT molecular complexity index is 347. The highest BCUT2D eigenvalue weighted by Crippen LogP contribution is 2.27. The smallest absolute Gasteiger partial charge is 0.370 e. The van der Waals surface area contributed by atoms with Crippen molar-refractivity contribution in [2.24, 2.45) is 5.73 Å². The predicted octanol–water partition coefficient (Wildman–Crippen LogP) is 0.923. The molecule has 0 saturated carbocycles. The number of carbonyl (C=O) groups excluding carboxylic acids is 1. The zero-order valence-electron chi connectivity index (χ0n) is 7.45. The Balaban J connectivity index is 2.69. The number of carbonyl (C=O) groups is 1. The van der Waals surface area contributed by atoms with Crippen LogP contribution < -0.4 is 5.73 Å². The van der Waals surface area contributed by atoms with Gasteiger partial charge < -0.3 is 5.73 Å². The van der Waals surface area contributed by atoms with E-state index in [1.54, 1.807) is 0 Å². The highest BCUT2D eigenvalue weighted by atomic mass is 19.4. The number of nitrogens with zero attached hydrogens (tertiary/aromatic N) is 2. The maximum Gasteiger partial charge on any atom is 0.419 e. The van der Waals surface area contributed by atoms with E-state index in [-0.39, 0.29) is 12.2 Å². The summed E-state index contributed by atoms with van der Waals surface area (Å²) in [5.41, 5.74) is 3.90. The molecule has 1 rings (SSSR count). The van der Waals surface area contributed by atoms with Gasteiger partial charge in [-0.2, -0.15) is 13.2 Å². The molecule has 1 aromatic rings. The number of alkyl halides is 3. The van der Waals surface area contributed by atoms with Crippen LogP contribution in [0.2, 0.25) is 0 Å². The number of hydrogen-bond donors (Lipinski definition) is 1. The first-order valence-corrected chi connectivity index (χ1v) is 3.90. The van der Waals surface area contributed by atoms with Crippen molar-refractivity contribution in [2.45, 2.75) is 12.6 Å². The monoisotopic (exact) mass is 218 g/mol. The van der Waals surface area contributed by atoms with Crippen LogP contribution in [0.3, 0.4) is 0 Å². The Labute approximate surface area is 83.3 Å². The van der Waals surface area contributed by atoms with Crippen LogP contribution in [0, 0.1) is 6.42 Å². The Hall–Kier alpha value is -1.66. The molecular formula is C8H7F3N3O. The van der Waals surface area contributed by atoms with Crippen molar-refractivity contribution in [2.75, 3.05) is 0 Å². The van der Waals surface area contributed by atoms with E-state index in [4.69, 9.17) is 5.73 Å². The van der Waals surface area contributed by atoms with Gasteiger partial charge >= 0.3 is 6.18 Å². The van der Waals surface area contributed by atoms with Gasteiger partial charge in [0.25, 0.3) is 0 Å². The number of rotatable bonds is 3. The third kappa shape index (κ3) is 3.53. The van der Waals surface area contributed by atoms with Crippen molar-refractivity contribution in [3.8, 4) is 0 Å². The first-order valence-electron chi connectivity index (χ1n) is 3.90. The lowest BCUT2D eigenvalue weighted by Gasteiger charge is -2.05. The molecule has 0 atom stereocenters. The third-order valence-electron chi connectivity index (χ3n) is 1.48. The number of hydrogen-bond acceptors (Lipinski definition) is 3. The van der Waals surface area contributed by atoms with Gasteiger partial charge in [0.15, 0.2) is 0 Å². The molecule has 81 valence electrons. The molecule has 1 heterocycles. The molecule has 0 spiro atoms. The summed E-state index contributed by atoms with van der Waals surface area (Å²) in [6.07, 6.45) is -2.00. The Morgan fingerprint density at radius 2 is 1.93 bits per heavy atom. The molecule has 0 aromatic carbocycles. The van der Waals surface area contributed by atoms with Crippen LogP contribution in [0.5, 0.6) is 0 Å². The second-order valence-corrected chi connectivity index (χ2v) is 2.70. The van der Waals surface area contributed by atoms with Crippen LogP contribution in [-0.4, -0.2) is 15.9 Å². The lowest BCUT2D eigenvalue weighted by Crippen LogP contribution is -2.12. The maximum absolute atomic E-state index is 12.1. The highest BCUT2D eigenvalue weighted by Gasteiger charge is 2.31. The molecule has 0 unspecified atom stereocenters. The molecule has 1 aromatic heterocycles. The minimum absolute atomic E-state index is 0.0433. The lowest BCUT2D eigenvalue weighted by atomic mass is 10.2. The van der Waals surface area contributed by atoms with Gasteiger partial charge in [-0.05, 0) is 0 Å². The van der Waals surface area contributed by atoms with Crippen molar-refractivity contribution in [1.82, 2.24) is 9.97 Å². The molecule has 0 aliphatic carbocycles. The summed E-state index contributed by atoms with van der Waals surface area (Å²) in [5.74, 6) is -0.555. The summed E-state index contributed by atoms with van der Waals surface area (Å²) in [6.45, 7) is 0. The second-order valence-electron chi connectivity index (χ2n) is 2.70. The van der Waals surface area contributed by atoms with Crippen LogP contribution in [0.25, 0.3) is 0 Å². The molecular weight excluding hydrogens is 211 g/mol. The minimum atomic E-state index is -4.46. The quantitative estimate of drug-likeness (QED) is 0.820. The van der Waals surface area contributed by atoms with Crippen molar-refractivity contribution in [3.05, 3.63) is 30.2 Å². The zero-order valence-corrected chi connectivity index (χ0v) is 7.45. The predicted molar refractivity (Wildman–Crippen MR) is 44.2 cm³/mol. The van der Waals surface area contributed by atoms with Crippen molar-refractivity contribution in [3.63, 3.8) is 0 Å². The normalized spacial score (nSPS) is 11.4. The number of aromatic nitrogens is 2. The SMILES string of the molecule is NC(=O)C[CH]c1ncc(C(F)(F)F)cn1. The van der Waals surface area contributed by atoms with Crippen LogP contribution in [0.15, 0.2) is 12.4 Å². The van der Waals surface area contributed by atoms with E-state index >= 15 is 0 Å². The van der Waals surface area contributed by atoms with E-state index in [9.17, 15) is 18.0 Å². The van der Waals surface area contributed by atoms with Gasteiger partial charge in [0.05, 0.1) is 5.56 Å². The fraction of sp³-hybridized carbons (Fsp3) is 0.250. The first kappa shape index (κ1) is 11.4. The summed E-state index contributed by atoms with van der Waals surface area (Å²) in [5, 5.41) is 0. The molecule has 1 radical (unpaired) electrons. The van der Waals surface area contributed by atoms with Crippen molar-refractivity contribution < 1.29 is 18.0 Å². The highest BCUT2D eigenvalue weighted by molar-refractivity contribution is 5.75. The lowest BCUT2D eigenvalue weighted by molar-refractivity contribution is -0.138. The van der Waals surface area contributed by atoms with E-state index in [0.29, 0.717) is 12.4 Å². The van der Waals surface area contributed by atoms with E-state index < -0.39 is 17.6 Å². The average Bonchev–Trinajstić information content (AvgIpc) is 2.14. The number of primary amides is 1. The fourth-order valence-corrected chi connectivity index (χ4v) is 0.782. The van der Waals surface area contributed by atoms with Crippen molar-refractivity contribution >= 4 is 5.91 Å². The molecule has 0 saturated heterocycles. The first-order chi connectivity index (χ1) is 6.89. The Kier molecular flexibility index (Phi) is 3.23. The van der Waals surface area contributed by atoms with Gasteiger partial charge in [0.2, 0.25) is 5.91 Å². The van der Waals surface area contributed by atoms with Gasteiger partial charge in [-0.1, -0.05) is 0 Å². The molecule has 0 aliphatic heterocycles. The van der Waals surface area contributed by atoms with Gasteiger partial charge in [0, 0.05) is 25.2 Å². The van der Waals surface area contributed by atoms with Crippen LogP contribution >= 0.6 is 0 Å². The number of amides is 1. The van der Waals surface area contributed by atoms with E-state index in [0.717, 1.165) is 0 Å². The van der Waals surface area contributed by atoms with Gasteiger partial charge in [-0.25, -0.2) is 9.97 Å². The molecule has 2 N–H and O–H groups in total. The molecule has 0 bridgehead atoms. The second kappa shape index (κ2) is 4.24. The van der Waals surface area contributed by atoms with Crippen molar-refractivity contribution in [1.29, 1.82) is 0 Å². The number of halogens is 3. The molecule has 15 heavy (non-hydrogen) atoms. The Morgan fingerprint density at radius 1 is 1.40 bits per heavy atom. The summed E-state index contributed by atoms with van der Waals surface area (Å²) in [7, 11) is 0. The Morgan fingerprint density at radius 3 is 2.33 bits per heavy atom. The van der Waals surface area contributed by atoms with Crippen LogP contribution in [0.1, 0.15) is 17.8 Å². The molecule has 0 fully saturated rings. The average molecular weight is 218 g/mol. The molecule has 1 amide bonds. The van der Waals surface area contributed by atoms with E-state index in [2.05, 4.69) is 9.97 Å². The molecule has 4 nitrogen and oxygen atoms in total. The fourth-order valence-electron chi connectivity index (χ4n) is 0.782. The van der Waals surface area contributed by atoms with Crippen LogP contribution in [0.4, 0.5) is 13.2 Å². The van der Waals surface area contributed by atoms with E-state index in [1.165, 1.54) is 6.42 Å². The topological polar surface area (TPSA) is 68.9 Å². The summed E-state index contributed by atoms with van der Waals surface area (Å²) in [6, 6.07) is 0. The standard InChI is InChI=1S/C8H7F3N3O/c9-8(10,11)5-3-13-7(14-4-5)2-1-6(12)15/h2-4H,1H2,(H2,12,15). The zero-order chi connectivity index (χ0) is 11.5. The maximum atomic E-state index is 12.1.